The molecule has 1 aromatic rings. The highest BCUT2D eigenvalue weighted by molar-refractivity contribution is 7.89. The second kappa shape index (κ2) is 8.06. The molecule has 2 aliphatic heterocycles. The molecule has 2 fully saturated rings. The minimum atomic E-state index is -3.41. The molecule has 3 rings (SSSR count). The van der Waals surface area contributed by atoms with Gasteiger partial charge in [0.05, 0.1) is 18.0 Å². The number of anilines is 1. The number of quaternary nitrogens is 1. The molecule has 6 nitrogen and oxygen atoms in total. The topological polar surface area (TPSA) is 70.9 Å². The highest BCUT2D eigenvalue weighted by atomic mass is 32.2. The lowest BCUT2D eigenvalue weighted by atomic mass is 9.98. The molecule has 26 heavy (non-hydrogen) atoms. The largest absolute Gasteiger partial charge is 0.325 e. The van der Waals surface area contributed by atoms with Gasteiger partial charge >= 0.3 is 0 Å². The average Bonchev–Trinajstić information content (AvgIpc) is 3.18. The molecule has 1 atom stereocenters. The Morgan fingerprint density at radius 3 is 2.31 bits per heavy atom. The SMILES string of the molecule is CC1CC[NH+]([C@H](C)C(=O)Nc2ccc(S(=O)(=O)N3CCCC3)cc2)CC1. The zero-order valence-corrected chi connectivity index (χ0v) is 16.5. The average molecular weight is 381 g/mol. The molecule has 0 aromatic heterocycles. The van der Waals surface area contributed by atoms with Gasteiger partial charge < -0.3 is 10.2 Å². The van der Waals surface area contributed by atoms with Gasteiger partial charge in [0.2, 0.25) is 10.0 Å². The van der Waals surface area contributed by atoms with Crippen molar-refractivity contribution in [1.82, 2.24) is 4.31 Å². The Morgan fingerprint density at radius 1 is 1.15 bits per heavy atom. The van der Waals surface area contributed by atoms with Crippen LogP contribution < -0.4 is 10.2 Å². The molecule has 144 valence electrons. The minimum absolute atomic E-state index is 0.00953. The maximum Gasteiger partial charge on any atom is 0.282 e. The summed E-state index contributed by atoms with van der Waals surface area (Å²) in [4.78, 5) is 14.1. The normalized spacial score (nSPS) is 25.8. The van der Waals surface area contributed by atoms with Crippen LogP contribution in [0.25, 0.3) is 0 Å². The first-order chi connectivity index (χ1) is 12.4. The summed E-state index contributed by atoms with van der Waals surface area (Å²) in [5.41, 5.74) is 0.645. The molecule has 0 aliphatic carbocycles. The first kappa shape index (κ1) is 19.3. The van der Waals surface area contributed by atoms with Crippen LogP contribution in [0.15, 0.2) is 29.2 Å². The lowest BCUT2D eigenvalue weighted by Gasteiger charge is -2.31. The zero-order valence-electron chi connectivity index (χ0n) is 15.7. The first-order valence-electron chi connectivity index (χ1n) is 9.63. The van der Waals surface area contributed by atoms with Gasteiger partial charge in [0.15, 0.2) is 6.04 Å². The lowest BCUT2D eigenvalue weighted by Crippen LogP contribution is -3.17. The number of rotatable bonds is 5. The summed E-state index contributed by atoms with van der Waals surface area (Å²) in [6, 6.07) is 6.44. The number of nitrogens with zero attached hydrogens (tertiary/aromatic N) is 1. The van der Waals surface area contributed by atoms with E-state index in [1.54, 1.807) is 24.3 Å². The number of piperidine rings is 1. The van der Waals surface area contributed by atoms with Crippen molar-refractivity contribution in [2.75, 3.05) is 31.5 Å². The quantitative estimate of drug-likeness (QED) is 0.804. The minimum Gasteiger partial charge on any atom is -0.325 e. The Hall–Kier alpha value is -1.44. The van der Waals surface area contributed by atoms with Crippen LogP contribution in [0.2, 0.25) is 0 Å². The summed E-state index contributed by atoms with van der Waals surface area (Å²) in [5.74, 6) is 0.740. The Kier molecular flexibility index (Phi) is 5.99. The van der Waals surface area contributed by atoms with Gasteiger partial charge in [-0.05, 0) is 62.8 Å². The van der Waals surface area contributed by atoms with Gasteiger partial charge in [-0.3, -0.25) is 4.79 Å². The van der Waals surface area contributed by atoms with Gasteiger partial charge in [0.1, 0.15) is 0 Å². The molecule has 0 bridgehead atoms. The summed E-state index contributed by atoms with van der Waals surface area (Å²) >= 11 is 0. The molecule has 0 unspecified atom stereocenters. The summed E-state index contributed by atoms with van der Waals surface area (Å²) < 4.78 is 26.6. The van der Waals surface area contributed by atoms with Gasteiger partial charge in [0.25, 0.3) is 5.91 Å². The van der Waals surface area contributed by atoms with Crippen LogP contribution in [0.5, 0.6) is 0 Å². The van der Waals surface area contributed by atoms with Crippen molar-refractivity contribution >= 4 is 21.6 Å². The molecule has 2 saturated heterocycles. The summed E-state index contributed by atoms with van der Waals surface area (Å²) in [6.45, 7) is 7.47. The van der Waals surface area contributed by atoms with Crippen molar-refractivity contribution in [3.05, 3.63) is 24.3 Å². The number of sulfonamides is 1. The van der Waals surface area contributed by atoms with Gasteiger partial charge in [-0.1, -0.05) is 6.92 Å². The van der Waals surface area contributed by atoms with Crippen LogP contribution in [0.4, 0.5) is 5.69 Å². The van der Waals surface area contributed by atoms with E-state index in [2.05, 4.69) is 12.2 Å². The lowest BCUT2D eigenvalue weighted by molar-refractivity contribution is -0.919. The summed E-state index contributed by atoms with van der Waals surface area (Å²) in [7, 11) is -3.41. The molecule has 1 aromatic carbocycles. The third-order valence-corrected chi connectivity index (χ3v) is 7.66. The van der Waals surface area contributed by atoms with Crippen molar-refractivity contribution in [3.63, 3.8) is 0 Å². The van der Waals surface area contributed by atoms with Gasteiger partial charge in [0, 0.05) is 18.8 Å². The van der Waals surface area contributed by atoms with Gasteiger partial charge in [-0.2, -0.15) is 4.31 Å². The number of hydrogen-bond donors (Lipinski definition) is 2. The smallest absolute Gasteiger partial charge is 0.282 e. The Morgan fingerprint density at radius 2 is 1.73 bits per heavy atom. The van der Waals surface area contributed by atoms with E-state index in [-0.39, 0.29) is 11.9 Å². The fraction of sp³-hybridized carbons (Fsp3) is 0.632. The van der Waals surface area contributed by atoms with E-state index in [1.165, 1.54) is 9.21 Å². The molecule has 0 saturated carbocycles. The van der Waals surface area contributed by atoms with E-state index < -0.39 is 10.0 Å². The van der Waals surface area contributed by atoms with Crippen LogP contribution >= 0.6 is 0 Å². The maximum atomic E-state index is 12.5. The molecule has 1 amide bonds. The van der Waals surface area contributed by atoms with Crippen molar-refractivity contribution in [2.45, 2.75) is 50.5 Å². The molecule has 7 heteroatoms. The standard InChI is InChI=1S/C19H29N3O3S/c1-15-9-13-21(14-10-15)16(2)19(23)20-17-5-7-18(8-6-17)26(24,25)22-11-3-4-12-22/h5-8,15-16H,3-4,9-14H2,1-2H3,(H,20,23)/p+1/t16-/m1/s1. The van der Waals surface area contributed by atoms with Crippen molar-refractivity contribution in [3.8, 4) is 0 Å². The van der Waals surface area contributed by atoms with E-state index in [1.807, 2.05) is 6.92 Å². The number of hydrogen-bond acceptors (Lipinski definition) is 3. The second-order valence-electron chi connectivity index (χ2n) is 7.69. The molecular formula is C19H30N3O3S+. The summed E-state index contributed by atoms with van der Waals surface area (Å²) in [6.07, 6.45) is 4.16. The fourth-order valence-corrected chi connectivity index (χ4v) is 5.31. The predicted octanol–water partition coefficient (Wildman–Crippen LogP) is 1.11. The van der Waals surface area contributed by atoms with Crippen molar-refractivity contribution in [2.24, 2.45) is 5.92 Å². The molecule has 2 aliphatic rings. The van der Waals surface area contributed by atoms with Crippen LogP contribution in [-0.4, -0.2) is 50.9 Å². The fourth-order valence-electron chi connectivity index (χ4n) is 3.79. The molecule has 0 radical (unpaired) electrons. The van der Waals surface area contributed by atoms with E-state index in [4.69, 9.17) is 0 Å². The molecule has 2 N–H and O–H groups in total. The number of carbonyl (C=O) groups excluding carboxylic acids is 1. The number of benzene rings is 1. The van der Waals surface area contributed by atoms with Crippen LogP contribution in [0, 0.1) is 5.92 Å². The molecule has 2 heterocycles. The Labute approximate surface area is 156 Å². The highest BCUT2D eigenvalue weighted by Gasteiger charge is 2.29. The third-order valence-electron chi connectivity index (χ3n) is 5.75. The number of amides is 1. The summed E-state index contributed by atoms with van der Waals surface area (Å²) in [5, 5.41) is 2.93. The predicted molar refractivity (Wildman–Crippen MR) is 102 cm³/mol. The van der Waals surface area contributed by atoms with Crippen LogP contribution in [-0.2, 0) is 14.8 Å². The monoisotopic (exact) mass is 380 g/mol. The molecule has 0 spiro atoms. The van der Waals surface area contributed by atoms with Crippen molar-refractivity contribution in [1.29, 1.82) is 0 Å². The van der Waals surface area contributed by atoms with Gasteiger partial charge in [-0.15, -0.1) is 0 Å². The zero-order chi connectivity index (χ0) is 18.7. The van der Waals surface area contributed by atoms with Gasteiger partial charge in [-0.25, -0.2) is 8.42 Å². The number of nitrogens with one attached hydrogen (secondary N) is 2. The van der Waals surface area contributed by atoms with Crippen LogP contribution in [0.1, 0.15) is 39.5 Å². The Balaban J connectivity index is 1.61. The van der Waals surface area contributed by atoms with Crippen LogP contribution in [0.3, 0.4) is 0 Å². The van der Waals surface area contributed by atoms with Crippen molar-refractivity contribution < 1.29 is 18.1 Å². The van der Waals surface area contributed by atoms with E-state index in [9.17, 15) is 13.2 Å². The second-order valence-corrected chi connectivity index (χ2v) is 9.63. The van der Waals surface area contributed by atoms with E-state index >= 15 is 0 Å². The highest BCUT2D eigenvalue weighted by Crippen LogP contribution is 2.22. The van der Waals surface area contributed by atoms with E-state index in [0.29, 0.717) is 23.7 Å². The maximum absolute atomic E-state index is 12.5. The van der Waals surface area contributed by atoms with E-state index in [0.717, 1.165) is 44.7 Å². The first-order valence-corrected chi connectivity index (χ1v) is 11.1. The number of carbonyl (C=O) groups is 1. The third kappa shape index (κ3) is 4.27. The Bertz CT molecular complexity index is 719. The molecular weight excluding hydrogens is 350 g/mol. The number of likely N-dealkylation sites (tertiary alicyclic amines) is 1.